The first-order valence-electron chi connectivity index (χ1n) is 6.25. The van der Waals surface area contributed by atoms with Gasteiger partial charge in [-0.05, 0) is 6.92 Å². The molecule has 0 spiro atoms. The molecule has 1 saturated heterocycles. The Morgan fingerprint density at radius 3 is 2.90 bits per heavy atom. The molecule has 1 fully saturated rings. The Morgan fingerprint density at radius 2 is 2.30 bits per heavy atom. The number of hydrogen-bond donors (Lipinski definition) is 2. The number of anilines is 2. The van der Waals surface area contributed by atoms with Crippen LogP contribution in [0.5, 0.6) is 0 Å². The SMILES string of the molecule is CCON(C=O)c1cc(N2CCOCC2)nc(=N)n1O. The van der Waals surface area contributed by atoms with Gasteiger partial charge >= 0.3 is 0 Å². The molecule has 0 aliphatic carbocycles. The van der Waals surface area contributed by atoms with Crippen molar-refractivity contribution in [1.82, 2.24) is 9.71 Å². The number of nitrogens with zero attached hydrogens (tertiary/aromatic N) is 4. The summed E-state index contributed by atoms with van der Waals surface area (Å²) in [4.78, 5) is 22.0. The van der Waals surface area contributed by atoms with Gasteiger partial charge in [0.15, 0.2) is 5.82 Å². The summed E-state index contributed by atoms with van der Waals surface area (Å²) in [5.74, 6) is 0.522. The predicted molar refractivity (Wildman–Crippen MR) is 68.5 cm³/mol. The third-order valence-electron chi connectivity index (χ3n) is 2.82. The van der Waals surface area contributed by atoms with Crippen molar-refractivity contribution in [3.63, 3.8) is 0 Å². The second-order valence-corrected chi connectivity index (χ2v) is 4.06. The van der Waals surface area contributed by atoms with Gasteiger partial charge in [-0.3, -0.25) is 15.0 Å². The molecule has 9 heteroatoms. The molecule has 9 nitrogen and oxygen atoms in total. The van der Waals surface area contributed by atoms with Crippen LogP contribution in [0.3, 0.4) is 0 Å². The summed E-state index contributed by atoms with van der Waals surface area (Å²) < 4.78 is 5.74. The van der Waals surface area contributed by atoms with Gasteiger partial charge in [-0.1, -0.05) is 0 Å². The van der Waals surface area contributed by atoms with Crippen molar-refractivity contribution in [1.29, 1.82) is 5.41 Å². The molecular weight excluding hydrogens is 266 g/mol. The molecule has 1 amide bonds. The van der Waals surface area contributed by atoms with Crippen molar-refractivity contribution in [2.75, 3.05) is 42.9 Å². The van der Waals surface area contributed by atoms with Crippen LogP contribution in [-0.2, 0) is 14.4 Å². The van der Waals surface area contributed by atoms with Gasteiger partial charge in [0.25, 0.3) is 5.62 Å². The first-order chi connectivity index (χ1) is 9.67. The summed E-state index contributed by atoms with van der Waals surface area (Å²) in [6.07, 6.45) is 0.425. The van der Waals surface area contributed by atoms with Crippen molar-refractivity contribution in [2.45, 2.75) is 6.92 Å². The zero-order chi connectivity index (χ0) is 14.5. The van der Waals surface area contributed by atoms with Crippen LogP contribution in [0.15, 0.2) is 6.07 Å². The normalized spacial score (nSPS) is 15.2. The summed E-state index contributed by atoms with van der Waals surface area (Å²) in [6.45, 7) is 4.38. The van der Waals surface area contributed by atoms with Crippen LogP contribution >= 0.6 is 0 Å². The molecule has 110 valence electrons. The molecule has 2 rings (SSSR count). The highest BCUT2D eigenvalue weighted by Crippen LogP contribution is 2.18. The minimum absolute atomic E-state index is 0.0309. The van der Waals surface area contributed by atoms with E-state index < -0.39 is 0 Å². The van der Waals surface area contributed by atoms with Gasteiger partial charge < -0.3 is 14.8 Å². The number of amides is 1. The molecule has 1 aliphatic heterocycles. The van der Waals surface area contributed by atoms with Gasteiger partial charge in [0.2, 0.25) is 6.41 Å². The number of ether oxygens (including phenoxy) is 1. The number of carbonyl (C=O) groups is 1. The van der Waals surface area contributed by atoms with E-state index in [9.17, 15) is 10.0 Å². The summed E-state index contributed by atoms with van der Waals surface area (Å²) in [5, 5.41) is 18.3. The van der Waals surface area contributed by atoms with Crippen LogP contribution in [0.25, 0.3) is 0 Å². The largest absolute Gasteiger partial charge is 0.423 e. The number of carbonyl (C=O) groups excluding carboxylic acids is 1. The van der Waals surface area contributed by atoms with E-state index in [-0.39, 0.29) is 18.0 Å². The third kappa shape index (κ3) is 2.89. The number of rotatable bonds is 5. The number of nitrogens with one attached hydrogen (secondary N) is 1. The van der Waals surface area contributed by atoms with E-state index in [1.165, 1.54) is 6.07 Å². The van der Waals surface area contributed by atoms with Crippen LogP contribution in [0.4, 0.5) is 11.6 Å². The van der Waals surface area contributed by atoms with E-state index in [4.69, 9.17) is 15.0 Å². The van der Waals surface area contributed by atoms with Gasteiger partial charge in [-0.25, -0.2) is 0 Å². The fourth-order valence-corrected chi connectivity index (χ4v) is 1.87. The molecule has 0 unspecified atom stereocenters. The Kier molecular flexibility index (Phi) is 4.53. The number of hydroxylamine groups is 1. The molecule has 20 heavy (non-hydrogen) atoms. The van der Waals surface area contributed by atoms with E-state index in [1.54, 1.807) is 6.92 Å². The predicted octanol–water partition coefficient (Wildman–Crippen LogP) is -0.649. The molecule has 1 aromatic rings. The van der Waals surface area contributed by atoms with E-state index in [2.05, 4.69) is 4.98 Å². The lowest BCUT2D eigenvalue weighted by Crippen LogP contribution is -2.39. The lowest BCUT2D eigenvalue weighted by atomic mass is 10.4. The molecule has 0 atom stereocenters. The Hall–Kier alpha value is -2.13. The number of aromatic nitrogens is 2. The maximum Gasteiger partial charge on any atom is 0.259 e. The van der Waals surface area contributed by atoms with Crippen LogP contribution in [0, 0.1) is 5.41 Å². The lowest BCUT2D eigenvalue weighted by Gasteiger charge is -2.28. The quantitative estimate of drug-likeness (QED) is 0.423. The van der Waals surface area contributed by atoms with Crippen LogP contribution in [-0.4, -0.2) is 54.2 Å². The molecule has 1 aromatic heterocycles. The highest BCUT2D eigenvalue weighted by Gasteiger charge is 2.18. The highest BCUT2D eigenvalue weighted by atomic mass is 16.7. The highest BCUT2D eigenvalue weighted by molar-refractivity contribution is 5.71. The van der Waals surface area contributed by atoms with E-state index in [1.807, 2.05) is 4.90 Å². The molecule has 2 N–H and O–H groups in total. The van der Waals surface area contributed by atoms with Gasteiger partial charge in [0, 0.05) is 19.2 Å². The monoisotopic (exact) mass is 283 g/mol. The summed E-state index contributed by atoms with van der Waals surface area (Å²) in [5.41, 5.74) is -0.379. The average molecular weight is 283 g/mol. The van der Waals surface area contributed by atoms with Gasteiger partial charge in [-0.15, -0.1) is 4.73 Å². The zero-order valence-corrected chi connectivity index (χ0v) is 11.2. The fourth-order valence-electron chi connectivity index (χ4n) is 1.87. The third-order valence-corrected chi connectivity index (χ3v) is 2.82. The Bertz CT molecular complexity index is 526. The van der Waals surface area contributed by atoms with E-state index in [0.717, 1.165) is 5.06 Å². The lowest BCUT2D eigenvalue weighted by molar-refractivity contribution is -0.114. The van der Waals surface area contributed by atoms with Gasteiger partial charge in [0.1, 0.15) is 5.82 Å². The molecular formula is C11H17N5O4. The fraction of sp³-hybridized carbons (Fsp3) is 0.545. The molecule has 2 heterocycles. The molecule has 0 aromatic carbocycles. The van der Waals surface area contributed by atoms with Crippen molar-refractivity contribution in [3.05, 3.63) is 11.7 Å². The maximum absolute atomic E-state index is 11.0. The minimum Gasteiger partial charge on any atom is -0.423 e. The van der Waals surface area contributed by atoms with Crippen molar-refractivity contribution >= 4 is 18.0 Å². The molecule has 1 aliphatic rings. The Balaban J connectivity index is 2.37. The van der Waals surface area contributed by atoms with Gasteiger partial charge in [0.05, 0.1) is 19.8 Å². The van der Waals surface area contributed by atoms with Crippen molar-refractivity contribution < 1.29 is 19.6 Å². The zero-order valence-electron chi connectivity index (χ0n) is 11.2. The second-order valence-electron chi connectivity index (χ2n) is 4.06. The van der Waals surface area contributed by atoms with Crippen molar-refractivity contribution in [3.8, 4) is 0 Å². The average Bonchev–Trinajstić information content (AvgIpc) is 2.48. The summed E-state index contributed by atoms with van der Waals surface area (Å²) >= 11 is 0. The van der Waals surface area contributed by atoms with Crippen molar-refractivity contribution in [2.24, 2.45) is 0 Å². The second kappa shape index (κ2) is 6.35. The summed E-state index contributed by atoms with van der Waals surface area (Å²) in [7, 11) is 0. The standard InChI is InChI=1S/C11H17N5O4/c1-2-20-15(8-17)10-7-9(13-11(12)16(10)18)14-3-5-19-6-4-14/h7-8,12,18H,2-6H2,1H3. The van der Waals surface area contributed by atoms with E-state index in [0.29, 0.717) is 43.3 Å². The van der Waals surface area contributed by atoms with Crippen LogP contribution < -0.4 is 15.6 Å². The maximum atomic E-state index is 11.0. The molecule has 0 radical (unpaired) electrons. The summed E-state index contributed by atoms with van der Waals surface area (Å²) in [6, 6.07) is 1.49. The van der Waals surface area contributed by atoms with Crippen LogP contribution in [0.2, 0.25) is 0 Å². The smallest absolute Gasteiger partial charge is 0.259 e. The number of hydrogen-bond acceptors (Lipinski definition) is 7. The number of morpholine rings is 1. The molecule has 0 saturated carbocycles. The Morgan fingerprint density at radius 1 is 1.60 bits per heavy atom. The Labute approximate surface area is 115 Å². The first-order valence-corrected chi connectivity index (χ1v) is 6.25. The van der Waals surface area contributed by atoms with E-state index >= 15 is 0 Å². The minimum atomic E-state index is -0.379. The first kappa shape index (κ1) is 14.3. The topological polar surface area (TPSA) is 104 Å². The van der Waals surface area contributed by atoms with Gasteiger partial charge in [-0.2, -0.15) is 10.0 Å². The molecule has 0 bridgehead atoms. The van der Waals surface area contributed by atoms with Crippen LogP contribution in [0.1, 0.15) is 6.92 Å².